The SMILES string of the molecule is COc1csc(C(=O)NCCCOC2CCC(N)CC2)c1. The zero-order valence-corrected chi connectivity index (χ0v) is 13.3. The van der Waals surface area contributed by atoms with Crippen LogP contribution < -0.4 is 15.8 Å². The van der Waals surface area contributed by atoms with Crippen molar-refractivity contribution in [2.75, 3.05) is 20.3 Å². The Morgan fingerprint density at radius 3 is 2.86 bits per heavy atom. The fourth-order valence-corrected chi connectivity index (χ4v) is 3.18. The molecule has 1 heterocycles. The number of nitrogens with two attached hydrogens (primary N) is 1. The number of ether oxygens (including phenoxy) is 2. The van der Waals surface area contributed by atoms with Crippen LogP contribution in [0.3, 0.4) is 0 Å². The molecule has 0 bridgehead atoms. The fourth-order valence-electron chi connectivity index (χ4n) is 2.41. The third-order valence-corrected chi connectivity index (χ3v) is 4.62. The predicted octanol–water partition coefficient (Wildman–Crippen LogP) is 2.16. The Bertz CT molecular complexity index is 442. The van der Waals surface area contributed by atoms with Gasteiger partial charge in [0.1, 0.15) is 5.75 Å². The van der Waals surface area contributed by atoms with Gasteiger partial charge < -0.3 is 20.5 Å². The number of rotatable bonds is 7. The normalized spacial score (nSPS) is 22.0. The standard InChI is InChI=1S/C15H24N2O3S/c1-19-13-9-14(21-10-13)15(18)17-7-2-8-20-12-5-3-11(16)4-6-12/h9-12H,2-8,16H2,1H3,(H,17,18). The Hall–Kier alpha value is -1.11. The first kappa shape index (κ1) is 16.3. The summed E-state index contributed by atoms with van der Waals surface area (Å²) in [6.07, 6.45) is 5.41. The van der Waals surface area contributed by atoms with Crippen LogP contribution in [0.5, 0.6) is 5.75 Å². The Balaban J connectivity index is 1.56. The van der Waals surface area contributed by atoms with E-state index in [9.17, 15) is 4.79 Å². The van der Waals surface area contributed by atoms with Gasteiger partial charge in [0.15, 0.2) is 0 Å². The summed E-state index contributed by atoms with van der Waals surface area (Å²) < 4.78 is 10.9. The molecular formula is C15H24N2O3S. The van der Waals surface area contributed by atoms with E-state index in [0.717, 1.165) is 37.9 Å². The van der Waals surface area contributed by atoms with Crippen LogP contribution in [-0.4, -0.2) is 38.3 Å². The lowest BCUT2D eigenvalue weighted by molar-refractivity contribution is 0.0241. The molecule has 21 heavy (non-hydrogen) atoms. The van der Waals surface area contributed by atoms with Gasteiger partial charge in [-0.15, -0.1) is 11.3 Å². The minimum absolute atomic E-state index is 0.0491. The first-order valence-corrected chi connectivity index (χ1v) is 8.35. The lowest BCUT2D eigenvalue weighted by Gasteiger charge is -2.26. The number of carbonyl (C=O) groups is 1. The summed E-state index contributed by atoms with van der Waals surface area (Å²) >= 11 is 1.39. The Labute approximate surface area is 129 Å². The van der Waals surface area contributed by atoms with Gasteiger partial charge in [0.05, 0.1) is 18.1 Å². The lowest BCUT2D eigenvalue weighted by Crippen LogP contribution is -2.31. The number of nitrogens with one attached hydrogen (secondary N) is 1. The monoisotopic (exact) mass is 312 g/mol. The largest absolute Gasteiger partial charge is 0.496 e. The summed E-state index contributed by atoms with van der Waals surface area (Å²) in [4.78, 5) is 12.5. The number of amides is 1. The van der Waals surface area contributed by atoms with E-state index in [-0.39, 0.29) is 5.91 Å². The molecule has 1 aromatic heterocycles. The maximum absolute atomic E-state index is 11.9. The fraction of sp³-hybridized carbons (Fsp3) is 0.667. The third kappa shape index (κ3) is 5.30. The van der Waals surface area contributed by atoms with Gasteiger partial charge in [-0.1, -0.05) is 0 Å². The van der Waals surface area contributed by atoms with Crippen molar-refractivity contribution >= 4 is 17.2 Å². The minimum atomic E-state index is -0.0491. The maximum atomic E-state index is 11.9. The van der Waals surface area contributed by atoms with Crippen LogP contribution >= 0.6 is 11.3 Å². The van der Waals surface area contributed by atoms with Gasteiger partial charge in [-0.3, -0.25) is 4.79 Å². The molecule has 1 amide bonds. The molecule has 2 rings (SSSR count). The van der Waals surface area contributed by atoms with Crippen LogP contribution in [-0.2, 0) is 4.74 Å². The Morgan fingerprint density at radius 1 is 1.43 bits per heavy atom. The van der Waals surface area contributed by atoms with Crippen molar-refractivity contribution in [3.05, 3.63) is 16.3 Å². The molecule has 1 aromatic rings. The molecule has 1 aliphatic carbocycles. The molecule has 5 nitrogen and oxygen atoms in total. The molecule has 0 spiro atoms. The van der Waals surface area contributed by atoms with E-state index in [0.29, 0.717) is 30.2 Å². The van der Waals surface area contributed by atoms with Crippen LogP contribution in [0.15, 0.2) is 11.4 Å². The smallest absolute Gasteiger partial charge is 0.261 e. The van der Waals surface area contributed by atoms with E-state index in [2.05, 4.69) is 5.32 Å². The van der Waals surface area contributed by atoms with Gasteiger partial charge in [0.2, 0.25) is 0 Å². The molecule has 0 saturated heterocycles. The van der Waals surface area contributed by atoms with E-state index >= 15 is 0 Å². The summed E-state index contributed by atoms with van der Waals surface area (Å²) in [5.41, 5.74) is 5.86. The van der Waals surface area contributed by atoms with Crippen LogP contribution in [0, 0.1) is 0 Å². The van der Waals surface area contributed by atoms with Crippen molar-refractivity contribution in [1.82, 2.24) is 5.32 Å². The molecule has 0 radical (unpaired) electrons. The van der Waals surface area contributed by atoms with Gasteiger partial charge >= 0.3 is 0 Å². The van der Waals surface area contributed by atoms with Crippen molar-refractivity contribution in [3.8, 4) is 5.75 Å². The molecule has 1 aliphatic rings. The summed E-state index contributed by atoms with van der Waals surface area (Å²) in [5, 5.41) is 4.72. The molecule has 1 fully saturated rings. The number of hydrogen-bond acceptors (Lipinski definition) is 5. The highest BCUT2D eigenvalue weighted by atomic mass is 32.1. The van der Waals surface area contributed by atoms with Gasteiger partial charge in [0, 0.05) is 30.6 Å². The molecule has 0 aromatic carbocycles. The van der Waals surface area contributed by atoms with E-state index in [4.69, 9.17) is 15.2 Å². The van der Waals surface area contributed by atoms with Crippen LogP contribution in [0.2, 0.25) is 0 Å². The number of carbonyl (C=O) groups excluding carboxylic acids is 1. The molecule has 118 valence electrons. The van der Waals surface area contributed by atoms with Crippen LogP contribution in [0.1, 0.15) is 41.8 Å². The second-order valence-corrected chi connectivity index (χ2v) is 6.28. The van der Waals surface area contributed by atoms with E-state index < -0.39 is 0 Å². The second-order valence-electron chi connectivity index (χ2n) is 5.37. The third-order valence-electron chi connectivity index (χ3n) is 3.71. The molecule has 0 unspecified atom stereocenters. The highest BCUT2D eigenvalue weighted by Crippen LogP contribution is 2.21. The van der Waals surface area contributed by atoms with E-state index in [1.54, 1.807) is 13.2 Å². The Morgan fingerprint density at radius 2 is 2.19 bits per heavy atom. The number of thiophene rings is 1. The molecule has 0 atom stereocenters. The van der Waals surface area contributed by atoms with Crippen molar-refractivity contribution in [1.29, 1.82) is 0 Å². The van der Waals surface area contributed by atoms with Gasteiger partial charge in [-0.25, -0.2) is 0 Å². The molecule has 3 N–H and O–H groups in total. The molecular weight excluding hydrogens is 288 g/mol. The summed E-state index contributed by atoms with van der Waals surface area (Å²) in [6, 6.07) is 2.11. The predicted molar refractivity (Wildman–Crippen MR) is 84.0 cm³/mol. The van der Waals surface area contributed by atoms with Gasteiger partial charge in [-0.05, 0) is 32.1 Å². The maximum Gasteiger partial charge on any atom is 0.261 e. The van der Waals surface area contributed by atoms with Crippen molar-refractivity contribution in [2.24, 2.45) is 5.73 Å². The lowest BCUT2D eigenvalue weighted by atomic mass is 9.94. The first-order valence-electron chi connectivity index (χ1n) is 7.47. The van der Waals surface area contributed by atoms with Crippen LogP contribution in [0.4, 0.5) is 0 Å². The minimum Gasteiger partial charge on any atom is -0.496 e. The first-order chi connectivity index (χ1) is 10.2. The molecule has 6 heteroatoms. The molecule has 0 aliphatic heterocycles. The second kappa shape index (κ2) is 8.36. The quantitative estimate of drug-likeness (QED) is 0.757. The summed E-state index contributed by atoms with van der Waals surface area (Å²) in [7, 11) is 1.60. The van der Waals surface area contributed by atoms with E-state index in [1.807, 2.05) is 5.38 Å². The number of hydrogen-bond donors (Lipinski definition) is 2. The average molecular weight is 312 g/mol. The average Bonchev–Trinajstić information content (AvgIpc) is 2.98. The zero-order valence-electron chi connectivity index (χ0n) is 12.5. The molecule has 1 saturated carbocycles. The topological polar surface area (TPSA) is 73.6 Å². The van der Waals surface area contributed by atoms with Gasteiger partial charge in [-0.2, -0.15) is 0 Å². The summed E-state index contributed by atoms with van der Waals surface area (Å²) in [5.74, 6) is 0.677. The van der Waals surface area contributed by atoms with Gasteiger partial charge in [0.25, 0.3) is 5.91 Å². The Kier molecular flexibility index (Phi) is 6.48. The van der Waals surface area contributed by atoms with Crippen molar-refractivity contribution in [3.63, 3.8) is 0 Å². The van der Waals surface area contributed by atoms with Crippen molar-refractivity contribution in [2.45, 2.75) is 44.2 Å². The van der Waals surface area contributed by atoms with Crippen molar-refractivity contribution < 1.29 is 14.3 Å². The van der Waals surface area contributed by atoms with Crippen LogP contribution in [0.25, 0.3) is 0 Å². The highest BCUT2D eigenvalue weighted by Gasteiger charge is 2.18. The zero-order chi connectivity index (χ0) is 15.1. The highest BCUT2D eigenvalue weighted by molar-refractivity contribution is 7.12. The van der Waals surface area contributed by atoms with E-state index in [1.165, 1.54) is 11.3 Å². The summed E-state index contributed by atoms with van der Waals surface area (Å²) in [6.45, 7) is 1.32. The number of methoxy groups -OCH3 is 1.